The Bertz CT molecular complexity index is 625. The molecule has 1 aromatic rings. The molecular formula is C13H17ClN2O3S. The van der Waals surface area contributed by atoms with Gasteiger partial charge in [-0.1, -0.05) is 18.5 Å². The molecule has 0 aliphatic heterocycles. The Morgan fingerprint density at radius 2 is 2.15 bits per heavy atom. The largest absolute Gasteiger partial charge is 0.396 e. The van der Waals surface area contributed by atoms with Crippen LogP contribution in [0, 0.1) is 11.3 Å². The number of nitriles is 1. The lowest BCUT2D eigenvalue weighted by molar-refractivity contribution is 0.233. The van der Waals surface area contributed by atoms with Crippen LogP contribution in [-0.4, -0.2) is 25.7 Å². The molecule has 0 aromatic heterocycles. The Labute approximate surface area is 124 Å². The number of nitrogens with zero attached hydrogens (tertiary/aromatic N) is 1. The summed E-state index contributed by atoms with van der Waals surface area (Å²) >= 11 is 5.85. The minimum absolute atomic E-state index is 0.000820. The molecule has 20 heavy (non-hydrogen) atoms. The molecule has 2 N–H and O–H groups in total. The van der Waals surface area contributed by atoms with Crippen molar-refractivity contribution in [1.82, 2.24) is 4.72 Å². The molecule has 0 radical (unpaired) electrons. The first-order chi connectivity index (χ1) is 9.28. The summed E-state index contributed by atoms with van der Waals surface area (Å²) in [5.74, 6) is 0. The van der Waals surface area contributed by atoms with Crippen LogP contribution < -0.4 is 4.72 Å². The highest BCUT2D eigenvalue weighted by atomic mass is 35.5. The van der Waals surface area contributed by atoms with Crippen LogP contribution in [-0.2, 0) is 10.0 Å². The van der Waals surface area contributed by atoms with E-state index in [1.807, 2.05) is 13.0 Å². The third kappa shape index (κ3) is 3.93. The third-order valence-corrected chi connectivity index (χ3v) is 5.14. The molecule has 0 fully saturated rings. The number of hydrogen-bond donors (Lipinski definition) is 2. The summed E-state index contributed by atoms with van der Waals surface area (Å²) in [6, 6.07) is 5.82. The molecule has 0 saturated heterocycles. The van der Waals surface area contributed by atoms with Crippen LogP contribution in [0.25, 0.3) is 0 Å². The van der Waals surface area contributed by atoms with E-state index in [1.54, 1.807) is 6.92 Å². The van der Waals surface area contributed by atoms with Crippen LogP contribution in [0.2, 0.25) is 5.02 Å². The van der Waals surface area contributed by atoms with Gasteiger partial charge in [0.05, 0.1) is 15.5 Å². The standard InChI is InChI=1S/C13H17ClN2O3S/c1-3-13(2,6-7-17)16-20(18,19)11-5-4-10(9-15)12(14)8-11/h4-5,8,16-17H,3,6-7H2,1-2H3. The van der Waals surface area contributed by atoms with Gasteiger partial charge in [0, 0.05) is 12.1 Å². The molecule has 0 saturated carbocycles. The molecule has 0 amide bonds. The second-order valence-electron chi connectivity index (χ2n) is 4.75. The van der Waals surface area contributed by atoms with E-state index in [4.69, 9.17) is 22.0 Å². The van der Waals surface area contributed by atoms with Crippen molar-refractivity contribution in [3.8, 4) is 6.07 Å². The predicted octanol–water partition coefficient (Wildman–Crippen LogP) is 2.04. The van der Waals surface area contributed by atoms with Gasteiger partial charge in [0.15, 0.2) is 0 Å². The molecule has 0 spiro atoms. The van der Waals surface area contributed by atoms with Crippen molar-refractivity contribution in [1.29, 1.82) is 5.26 Å². The fourth-order valence-electron chi connectivity index (χ4n) is 1.68. The van der Waals surface area contributed by atoms with E-state index in [2.05, 4.69) is 4.72 Å². The highest BCUT2D eigenvalue weighted by Crippen LogP contribution is 2.23. The Hall–Kier alpha value is -1.13. The normalized spacial score (nSPS) is 14.6. The smallest absolute Gasteiger partial charge is 0.241 e. The van der Waals surface area contributed by atoms with E-state index in [1.165, 1.54) is 18.2 Å². The van der Waals surface area contributed by atoms with Crippen LogP contribution in [0.3, 0.4) is 0 Å². The van der Waals surface area contributed by atoms with Gasteiger partial charge in [0.25, 0.3) is 0 Å². The summed E-state index contributed by atoms with van der Waals surface area (Å²) in [5.41, 5.74) is -0.507. The molecule has 1 atom stereocenters. The average molecular weight is 317 g/mol. The number of aliphatic hydroxyl groups is 1. The molecule has 1 unspecified atom stereocenters. The van der Waals surface area contributed by atoms with Crippen molar-refractivity contribution in [3.63, 3.8) is 0 Å². The van der Waals surface area contributed by atoms with Gasteiger partial charge in [0.1, 0.15) is 6.07 Å². The molecule has 0 heterocycles. The van der Waals surface area contributed by atoms with Crippen LogP contribution in [0.1, 0.15) is 32.3 Å². The maximum atomic E-state index is 12.3. The Morgan fingerprint density at radius 1 is 1.50 bits per heavy atom. The van der Waals surface area contributed by atoms with Crippen molar-refractivity contribution in [2.45, 2.75) is 37.1 Å². The third-order valence-electron chi connectivity index (χ3n) is 3.20. The van der Waals surface area contributed by atoms with Gasteiger partial charge in [-0.25, -0.2) is 13.1 Å². The summed E-state index contributed by atoms with van der Waals surface area (Å²) in [6.45, 7) is 3.46. The quantitative estimate of drug-likeness (QED) is 0.840. The maximum Gasteiger partial charge on any atom is 0.241 e. The molecule has 5 nitrogen and oxygen atoms in total. The molecule has 0 aliphatic carbocycles. The summed E-state index contributed by atoms with van der Waals surface area (Å²) in [7, 11) is -3.75. The van der Waals surface area contributed by atoms with Gasteiger partial charge in [0.2, 0.25) is 10.0 Å². The maximum absolute atomic E-state index is 12.3. The number of halogens is 1. The minimum Gasteiger partial charge on any atom is -0.396 e. The Morgan fingerprint density at radius 3 is 2.60 bits per heavy atom. The molecule has 1 rings (SSSR count). The van der Waals surface area contributed by atoms with E-state index >= 15 is 0 Å². The van der Waals surface area contributed by atoms with Crippen LogP contribution in [0.4, 0.5) is 0 Å². The van der Waals surface area contributed by atoms with Crippen molar-refractivity contribution >= 4 is 21.6 Å². The van der Waals surface area contributed by atoms with Gasteiger partial charge in [-0.2, -0.15) is 5.26 Å². The van der Waals surface area contributed by atoms with Crippen molar-refractivity contribution in [3.05, 3.63) is 28.8 Å². The first kappa shape index (κ1) is 16.9. The molecule has 0 bridgehead atoms. The fourth-order valence-corrected chi connectivity index (χ4v) is 3.50. The van der Waals surface area contributed by atoms with E-state index in [-0.39, 0.29) is 22.1 Å². The van der Waals surface area contributed by atoms with E-state index in [0.717, 1.165) is 0 Å². The van der Waals surface area contributed by atoms with Crippen molar-refractivity contribution in [2.24, 2.45) is 0 Å². The van der Waals surface area contributed by atoms with Crippen LogP contribution >= 0.6 is 11.6 Å². The predicted molar refractivity (Wildman–Crippen MR) is 76.9 cm³/mol. The zero-order valence-corrected chi connectivity index (χ0v) is 12.9. The molecule has 0 aliphatic rings. The number of rotatable bonds is 6. The molecule has 1 aromatic carbocycles. The molecule has 110 valence electrons. The fraction of sp³-hybridized carbons (Fsp3) is 0.462. The van der Waals surface area contributed by atoms with Gasteiger partial charge < -0.3 is 5.11 Å². The highest BCUT2D eigenvalue weighted by molar-refractivity contribution is 7.89. The van der Waals surface area contributed by atoms with Gasteiger partial charge in [-0.05, 0) is 38.0 Å². The highest BCUT2D eigenvalue weighted by Gasteiger charge is 2.28. The minimum atomic E-state index is -3.75. The van der Waals surface area contributed by atoms with E-state index < -0.39 is 15.6 Å². The number of sulfonamides is 1. The monoisotopic (exact) mass is 316 g/mol. The zero-order valence-electron chi connectivity index (χ0n) is 11.4. The molecular weight excluding hydrogens is 300 g/mol. The van der Waals surface area contributed by atoms with Crippen LogP contribution in [0.5, 0.6) is 0 Å². The number of hydrogen-bond acceptors (Lipinski definition) is 4. The van der Waals surface area contributed by atoms with Gasteiger partial charge in [-0.3, -0.25) is 0 Å². The second-order valence-corrected chi connectivity index (χ2v) is 6.84. The van der Waals surface area contributed by atoms with Crippen molar-refractivity contribution in [2.75, 3.05) is 6.61 Å². The lowest BCUT2D eigenvalue weighted by atomic mass is 9.97. The number of nitrogens with one attached hydrogen (secondary N) is 1. The van der Waals surface area contributed by atoms with E-state index in [9.17, 15) is 8.42 Å². The van der Waals surface area contributed by atoms with Gasteiger partial charge in [-0.15, -0.1) is 0 Å². The van der Waals surface area contributed by atoms with Crippen LogP contribution in [0.15, 0.2) is 23.1 Å². The molecule has 7 heteroatoms. The lowest BCUT2D eigenvalue weighted by Crippen LogP contribution is -2.46. The topological polar surface area (TPSA) is 90.2 Å². The second kappa shape index (κ2) is 6.55. The SMILES string of the molecule is CCC(C)(CCO)NS(=O)(=O)c1ccc(C#N)c(Cl)c1. The summed E-state index contributed by atoms with van der Waals surface area (Å²) in [5, 5.41) is 17.9. The van der Waals surface area contributed by atoms with E-state index in [0.29, 0.717) is 12.8 Å². The first-order valence-corrected chi connectivity index (χ1v) is 7.98. The average Bonchev–Trinajstić information content (AvgIpc) is 2.38. The number of benzene rings is 1. The number of aliphatic hydroxyl groups excluding tert-OH is 1. The summed E-state index contributed by atoms with van der Waals surface area (Å²) in [6.07, 6.45) is 0.851. The zero-order chi connectivity index (χ0) is 15.4. The Balaban J connectivity index is 3.12. The van der Waals surface area contributed by atoms with Crippen molar-refractivity contribution < 1.29 is 13.5 Å². The summed E-state index contributed by atoms with van der Waals surface area (Å²) < 4.78 is 27.2. The Kier molecular flexibility index (Phi) is 5.54. The first-order valence-electron chi connectivity index (χ1n) is 6.12. The summed E-state index contributed by atoms with van der Waals surface area (Å²) in [4.78, 5) is -0.000820. The lowest BCUT2D eigenvalue weighted by Gasteiger charge is -2.28. The van der Waals surface area contributed by atoms with Gasteiger partial charge >= 0.3 is 0 Å².